The molecule has 22 heavy (non-hydrogen) atoms. The Balaban J connectivity index is 1.94. The molecule has 0 heterocycles. The van der Waals surface area contributed by atoms with Crippen molar-refractivity contribution in [2.75, 3.05) is 6.61 Å². The number of aromatic carboxylic acids is 1. The van der Waals surface area contributed by atoms with E-state index in [2.05, 4.69) is 0 Å². The first-order chi connectivity index (χ1) is 10.6. The Morgan fingerprint density at radius 3 is 1.77 bits per heavy atom. The zero-order valence-electron chi connectivity index (χ0n) is 11.8. The maximum Gasteiger partial charge on any atom is 0.338 e. The van der Waals surface area contributed by atoms with E-state index in [1.807, 2.05) is 12.1 Å². The van der Waals surface area contributed by atoms with Crippen LogP contribution >= 0.6 is 21.6 Å². The van der Waals surface area contributed by atoms with Crippen molar-refractivity contribution in [2.45, 2.75) is 16.7 Å². The minimum absolute atomic E-state index is 0.271. The van der Waals surface area contributed by atoms with Gasteiger partial charge in [-0.1, -0.05) is 21.6 Å². The van der Waals surface area contributed by atoms with E-state index in [1.54, 1.807) is 43.3 Å². The first kappa shape index (κ1) is 16.5. The van der Waals surface area contributed by atoms with Gasteiger partial charge < -0.3 is 9.84 Å². The van der Waals surface area contributed by atoms with Gasteiger partial charge in [0.25, 0.3) is 0 Å². The van der Waals surface area contributed by atoms with E-state index in [9.17, 15) is 9.59 Å². The first-order valence-electron chi connectivity index (χ1n) is 6.55. The summed E-state index contributed by atoms with van der Waals surface area (Å²) in [6.07, 6.45) is 0. The monoisotopic (exact) mass is 334 g/mol. The molecule has 0 fully saturated rings. The molecule has 114 valence electrons. The third-order valence-corrected chi connectivity index (χ3v) is 5.12. The van der Waals surface area contributed by atoms with E-state index >= 15 is 0 Å². The van der Waals surface area contributed by atoms with Gasteiger partial charge >= 0.3 is 11.9 Å². The van der Waals surface area contributed by atoms with Crippen molar-refractivity contribution in [1.29, 1.82) is 0 Å². The third-order valence-electron chi connectivity index (χ3n) is 2.70. The summed E-state index contributed by atoms with van der Waals surface area (Å²) >= 11 is 0. The lowest BCUT2D eigenvalue weighted by Crippen LogP contribution is -2.03. The molecule has 0 aliphatic rings. The lowest BCUT2D eigenvalue weighted by Gasteiger charge is -2.04. The molecule has 4 nitrogen and oxygen atoms in total. The maximum absolute atomic E-state index is 11.5. The predicted molar refractivity (Wildman–Crippen MR) is 87.5 cm³/mol. The van der Waals surface area contributed by atoms with Gasteiger partial charge in [0.05, 0.1) is 17.7 Å². The summed E-state index contributed by atoms with van der Waals surface area (Å²) in [5, 5.41) is 8.84. The molecule has 1 N–H and O–H groups in total. The molecule has 0 unspecified atom stereocenters. The second kappa shape index (κ2) is 7.91. The van der Waals surface area contributed by atoms with E-state index in [0.29, 0.717) is 12.2 Å². The zero-order valence-corrected chi connectivity index (χ0v) is 13.4. The highest BCUT2D eigenvalue weighted by Crippen LogP contribution is 2.37. The summed E-state index contributed by atoms with van der Waals surface area (Å²) in [5.41, 5.74) is 0.801. The van der Waals surface area contributed by atoms with Gasteiger partial charge in [-0.2, -0.15) is 0 Å². The van der Waals surface area contributed by atoms with Crippen molar-refractivity contribution < 1.29 is 19.4 Å². The summed E-state index contributed by atoms with van der Waals surface area (Å²) in [6, 6.07) is 13.9. The van der Waals surface area contributed by atoms with Gasteiger partial charge in [0.1, 0.15) is 0 Å². The Labute approximate surface area is 136 Å². The van der Waals surface area contributed by atoms with Crippen LogP contribution in [0, 0.1) is 0 Å². The van der Waals surface area contributed by atoms with Crippen LogP contribution < -0.4 is 0 Å². The van der Waals surface area contributed by atoms with Crippen molar-refractivity contribution in [3.8, 4) is 0 Å². The first-order valence-corrected chi connectivity index (χ1v) is 8.70. The number of ether oxygens (including phenoxy) is 1. The Hall–Kier alpha value is -1.92. The van der Waals surface area contributed by atoms with Gasteiger partial charge in [0, 0.05) is 9.79 Å². The van der Waals surface area contributed by atoms with Crippen LogP contribution in [-0.2, 0) is 4.74 Å². The highest BCUT2D eigenvalue weighted by Gasteiger charge is 2.06. The fourth-order valence-corrected chi connectivity index (χ4v) is 3.54. The highest BCUT2D eigenvalue weighted by molar-refractivity contribution is 8.76. The molecule has 0 bridgehead atoms. The van der Waals surface area contributed by atoms with Crippen LogP contribution in [0.4, 0.5) is 0 Å². The molecule has 6 heteroatoms. The number of rotatable bonds is 6. The minimum atomic E-state index is -0.932. The molecule has 2 aromatic carbocycles. The molecule has 0 radical (unpaired) electrons. The summed E-state index contributed by atoms with van der Waals surface area (Å²) in [5.74, 6) is -1.25. The summed E-state index contributed by atoms with van der Waals surface area (Å²) in [6.45, 7) is 2.13. The molecule has 2 aromatic rings. The zero-order chi connectivity index (χ0) is 15.9. The van der Waals surface area contributed by atoms with E-state index in [0.717, 1.165) is 9.79 Å². The molecule has 0 saturated carbocycles. The number of esters is 1. The van der Waals surface area contributed by atoms with Gasteiger partial charge in [-0.05, 0) is 55.5 Å². The minimum Gasteiger partial charge on any atom is -0.478 e. The van der Waals surface area contributed by atoms with Crippen LogP contribution in [0.2, 0.25) is 0 Å². The SMILES string of the molecule is CCOC(=O)c1ccc(SSc2ccc(C(=O)O)cc2)cc1. The number of carbonyl (C=O) groups excluding carboxylic acids is 1. The van der Waals surface area contributed by atoms with Gasteiger partial charge in [-0.25, -0.2) is 9.59 Å². The van der Waals surface area contributed by atoms with Gasteiger partial charge in [0.2, 0.25) is 0 Å². The Kier molecular flexibility index (Phi) is 5.91. The van der Waals surface area contributed by atoms with Crippen LogP contribution in [0.3, 0.4) is 0 Å². The fraction of sp³-hybridized carbons (Fsp3) is 0.125. The number of carboxylic acids is 1. The average molecular weight is 334 g/mol. The van der Waals surface area contributed by atoms with Crippen LogP contribution in [0.25, 0.3) is 0 Å². The second-order valence-corrected chi connectivity index (χ2v) is 6.52. The Bertz CT molecular complexity index is 651. The van der Waals surface area contributed by atoms with E-state index in [4.69, 9.17) is 9.84 Å². The molecule has 0 saturated heterocycles. The van der Waals surface area contributed by atoms with E-state index in [1.165, 1.54) is 21.6 Å². The summed E-state index contributed by atoms with van der Waals surface area (Å²) < 4.78 is 4.93. The normalized spacial score (nSPS) is 10.2. The van der Waals surface area contributed by atoms with Crippen molar-refractivity contribution in [3.05, 3.63) is 59.7 Å². The molecule has 0 spiro atoms. The Morgan fingerprint density at radius 1 is 0.909 bits per heavy atom. The molecule has 0 amide bonds. The van der Waals surface area contributed by atoms with Gasteiger partial charge in [-0.15, -0.1) is 0 Å². The number of hydrogen-bond acceptors (Lipinski definition) is 5. The standard InChI is InChI=1S/C16H14O4S2/c1-2-20-16(19)12-5-9-14(10-6-12)22-21-13-7-3-11(4-8-13)15(17)18/h3-10H,2H2,1H3,(H,17,18). The smallest absolute Gasteiger partial charge is 0.338 e. The number of hydrogen-bond donors (Lipinski definition) is 1. The summed E-state index contributed by atoms with van der Waals surface area (Å²) in [4.78, 5) is 24.3. The van der Waals surface area contributed by atoms with Gasteiger partial charge in [-0.3, -0.25) is 0 Å². The van der Waals surface area contributed by atoms with Gasteiger partial charge in [0.15, 0.2) is 0 Å². The molecule has 2 rings (SSSR count). The van der Waals surface area contributed by atoms with E-state index < -0.39 is 5.97 Å². The highest BCUT2D eigenvalue weighted by atomic mass is 33.1. The number of benzene rings is 2. The van der Waals surface area contributed by atoms with E-state index in [-0.39, 0.29) is 11.5 Å². The van der Waals surface area contributed by atoms with Crippen LogP contribution in [0.5, 0.6) is 0 Å². The predicted octanol–water partition coefficient (Wildman–Crippen LogP) is 4.36. The van der Waals surface area contributed by atoms with Crippen LogP contribution in [-0.4, -0.2) is 23.7 Å². The topological polar surface area (TPSA) is 63.6 Å². The van der Waals surface area contributed by atoms with Crippen molar-refractivity contribution in [3.63, 3.8) is 0 Å². The van der Waals surface area contributed by atoms with Crippen molar-refractivity contribution in [1.82, 2.24) is 0 Å². The lowest BCUT2D eigenvalue weighted by atomic mass is 10.2. The molecule has 0 aliphatic heterocycles. The Morgan fingerprint density at radius 2 is 1.36 bits per heavy atom. The lowest BCUT2D eigenvalue weighted by molar-refractivity contribution is 0.0525. The fourth-order valence-electron chi connectivity index (χ4n) is 1.61. The quantitative estimate of drug-likeness (QED) is 0.625. The van der Waals surface area contributed by atoms with Crippen molar-refractivity contribution in [2.24, 2.45) is 0 Å². The second-order valence-electron chi connectivity index (χ2n) is 4.24. The van der Waals surface area contributed by atoms with Crippen molar-refractivity contribution >= 4 is 33.5 Å². The molecule has 0 atom stereocenters. The molecule has 0 aromatic heterocycles. The molecular formula is C16H14O4S2. The van der Waals surface area contributed by atoms with Crippen LogP contribution in [0.1, 0.15) is 27.6 Å². The third kappa shape index (κ3) is 4.54. The molecule has 0 aliphatic carbocycles. The van der Waals surface area contributed by atoms with Crippen LogP contribution in [0.15, 0.2) is 58.3 Å². The number of carbonyl (C=O) groups is 2. The number of carboxylic acid groups (broad SMARTS) is 1. The summed E-state index contributed by atoms with van der Waals surface area (Å²) in [7, 11) is 3.06. The maximum atomic E-state index is 11.5. The average Bonchev–Trinajstić information content (AvgIpc) is 2.54. The molecular weight excluding hydrogens is 320 g/mol. The largest absolute Gasteiger partial charge is 0.478 e.